The largest absolute Gasteiger partial charge is 0.453 e. The van der Waals surface area contributed by atoms with Gasteiger partial charge in [0.15, 0.2) is 0 Å². The first-order chi connectivity index (χ1) is 10.7. The Bertz CT molecular complexity index is 423. The summed E-state index contributed by atoms with van der Waals surface area (Å²) in [6, 6.07) is 0. The minimum atomic E-state index is -0.783. The summed E-state index contributed by atoms with van der Waals surface area (Å²) in [5.41, 5.74) is -1.24. The normalized spacial score (nSPS) is 26.7. The zero-order valence-electron chi connectivity index (χ0n) is 14.6. The second-order valence-electron chi connectivity index (χ2n) is 7.03. The molecular weight excluding hydrogens is 298 g/mol. The molecule has 0 aromatic rings. The lowest BCUT2D eigenvalue weighted by Crippen LogP contribution is -2.47. The summed E-state index contributed by atoms with van der Waals surface area (Å²) in [5, 5.41) is 13.5. The van der Waals surface area contributed by atoms with Crippen molar-refractivity contribution in [3.63, 3.8) is 0 Å². The first-order valence-corrected chi connectivity index (χ1v) is 7.93. The first-order valence-electron chi connectivity index (χ1n) is 7.93. The van der Waals surface area contributed by atoms with Crippen LogP contribution >= 0.6 is 0 Å². The number of nitrogens with one attached hydrogen (secondary N) is 3. The number of hydrogen-bond donors (Lipinski definition) is 3. The van der Waals surface area contributed by atoms with Gasteiger partial charge in [-0.1, -0.05) is 13.8 Å². The Labute approximate surface area is 138 Å². The maximum atomic E-state index is 11.3. The molecule has 1 rings (SSSR count). The number of methoxy groups -OCH3 is 1. The molecule has 23 heavy (non-hydrogen) atoms. The van der Waals surface area contributed by atoms with E-state index in [1.807, 2.05) is 27.7 Å². The number of alkyl carbamates (subject to hydrolysis) is 1. The van der Waals surface area contributed by atoms with Crippen molar-refractivity contribution < 1.29 is 19.1 Å². The van der Waals surface area contributed by atoms with Gasteiger partial charge in [0.1, 0.15) is 12.0 Å². The zero-order chi connectivity index (χ0) is 17.7. The van der Waals surface area contributed by atoms with Gasteiger partial charge >= 0.3 is 6.09 Å². The van der Waals surface area contributed by atoms with E-state index in [-0.39, 0.29) is 11.8 Å². The Morgan fingerprint density at radius 3 is 2.48 bits per heavy atom. The Kier molecular flexibility index (Phi) is 6.70. The summed E-state index contributed by atoms with van der Waals surface area (Å²) < 4.78 is 10.5. The topological polar surface area (TPSA) is 101 Å². The Hall–Kier alpha value is -1.47. The van der Waals surface area contributed by atoms with Crippen molar-refractivity contribution in [3.8, 4) is 0 Å². The molecule has 132 valence electrons. The second-order valence-corrected chi connectivity index (χ2v) is 7.03. The van der Waals surface area contributed by atoms with Crippen LogP contribution in [0.3, 0.4) is 0 Å². The van der Waals surface area contributed by atoms with Crippen LogP contribution in [0.1, 0.15) is 34.1 Å². The fraction of sp³-hybridized carbons (Fsp3) is 0.812. The van der Waals surface area contributed by atoms with Gasteiger partial charge in [0, 0.05) is 18.3 Å². The molecule has 3 unspecified atom stereocenters. The van der Waals surface area contributed by atoms with Gasteiger partial charge in [-0.05, 0) is 26.2 Å². The van der Waals surface area contributed by atoms with Crippen LogP contribution in [0.15, 0.2) is 0 Å². The number of amides is 1. The highest BCUT2D eigenvalue weighted by Gasteiger charge is 2.65. The van der Waals surface area contributed by atoms with Crippen LogP contribution in [0.5, 0.6) is 0 Å². The van der Waals surface area contributed by atoms with Gasteiger partial charge in [-0.2, -0.15) is 0 Å². The molecule has 1 amide bonds. The molecule has 0 saturated heterocycles. The summed E-state index contributed by atoms with van der Waals surface area (Å²) >= 11 is 0. The standard InChI is InChI=1S/C16H29N3O4/c1-11(2)10-23-16(12(8-17)13(16)9-20)18-7-6-15(3,4)19-14(21)22-5/h8-9,11-13,17-18H,6-7,10H2,1-5H3,(H,19,21). The van der Waals surface area contributed by atoms with E-state index in [2.05, 4.69) is 15.4 Å². The zero-order valence-corrected chi connectivity index (χ0v) is 14.6. The molecule has 0 aliphatic heterocycles. The summed E-state index contributed by atoms with van der Waals surface area (Å²) in [4.78, 5) is 22.6. The average molecular weight is 327 g/mol. The van der Waals surface area contributed by atoms with Crippen molar-refractivity contribution in [2.24, 2.45) is 17.8 Å². The number of aldehydes is 1. The highest BCUT2D eigenvalue weighted by molar-refractivity contribution is 5.77. The highest BCUT2D eigenvalue weighted by Crippen LogP contribution is 2.49. The lowest BCUT2D eigenvalue weighted by molar-refractivity contribution is -0.112. The van der Waals surface area contributed by atoms with Crippen molar-refractivity contribution in [2.45, 2.75) is 45.4 Å². The van der Waals surface area contributed by atoms with Gasteiger partial charge in [0.2, 0.25) is 0 Å². The van der Waals surface area contributed by atoms with Gasteiger partial charge in [0.05, 0.1) is 25.6 Å². The maximum Gasteiger partial charge on any atom is 0.407 e. The molecule has 0 aromatic heterocycles. The summed E-state index contributed by atoms with van der Waals surface area (Å²) in [7, 11) is 1.33. The summed E-state index contributed by atoms with van der Waals surface area (Å²) in [5.74, 6) is -0.240. The molecule has 0 aromatic carbocycles. The van der Waals surface area contributed by atoms with Crippen LogP contribution in [0.25, 0.3) is 0 Å². The molecule has 3 atom stereocenters. The van der Waals surface area contributed by atoms with Gasteiger partial charge in [-0.25, -0.2) is 4.79 Å². The third kappa shape index (κ3) is 5.00. The number of ether oxygens (including phenoxy) is 2. The maximum absolute atomic E-state index is 11.3. The van der Waals surface area contributed by atoms with E-state index in [4.69, 9.17) is 10.1 Å². The number of carbonyl (C=O) groups is 2. The molecule has 3 N–H and O–H groups in total. The van der Waals surface area contributed by atoms with Gasteiger partial charge in [-0.15, -0.1) is 0 Å². The van der Waals surface area contributed by atoms with E-state index >= 15 is 0 Å². The predicted molar refractivity (Wildman–Crippen MR) is 87.6 cm³/mol. The molecule has 1 fully saturated rings. The van der Waals surface area contributed by atoms with Crippen molar-refractivity contribution in [1.29, 1.82) is 5.41 Å². The van der Waals surface area contributed by atoms with Crippen LogP contribution < -0.4 is 10.6 Å². The molecule has 1 aliphatic rings. The molecule has 1 saturated carbocycles. The van der Waals surface area contributed by atoms with E-state index in [9.17, 15) is 9.59 Å². The first kappa shape index (κ1) is 19.6. The van der Waals surface area contributed by atoms with Crippen LogP contribution in [0, 0.1) is 23.2 Å². The van der Waals surface area contributed by atoms with Gasteiger partial charge in [-0.3, -0.25) is 5.32 Å². The molecule has 0 bridgehead atoms. The Morgan fingerprint density at radius 1 is 1.39 bits per heavy atom. The summed E-state index contributed by atoms with van der Waals surface area (Å²) in [6.45, 7) is 8.93. The van der Waals surface area contributed by atoms with Crippen molar-refractivity contribution >= 4 is 18.6 Å². The van der Waals surface area contributed by atoms with Crippen LogP contribution in [-0.4, -0.2) is 50.1 Å². The van der Waals surface area contributed by atoms with E-state index in [1.54, 1.807) is 0 Å². The molecule has 0 heterocycles. The van der Waals surface area contributed by atoms with Crippen LogP contribution in [0.2, 0.25) is 0 Å². The van der Waals surface area contributed by atoms with E-state index in [0.717, 1.165) is 6.29 Å². The molecule has 7 nitrogen and oxygen atoms in total. The van der Waals surface area contributed by atoms with Gasteiger partial charge in [0.25, 0.3) is 0 Å². The third-order valence-corrected chi connectivity index (χ3v) is 4.03. The second kappa shape index (κ2) is 7.88. The summed E-state index contributed by atoms with van der Waals surface area (Å²) in [6.07, 6.45) is 2.27. The average Bonchev–Trinajstić information content (AvgIpc) is 3.10. The molecule has 0 spiro atoms. The van der Waals surface area contributed by atoms with Crippen molar-refractivity contribution in [2.75, 3.05) is 20.3 Å². The SMILES string of the molecule is COC(=O)NC(C)(C)CCNC1(OCC(C)C)C(C=N)C1C=O. The fourth-order valence-corrected chi connectivity index (χ4v) is 2.57. The highest BCUT2D eigenvalue weighted by atomic mass is 16.5. The molecule has 7 heteroatoms. The number of hydrogen-bond acceptors (Lipinski definition) is 6. The molecular formula is C16H29N3O4. The Morgan fingerprint density at radius 2 is 2.04 bits per heavy atom. The van der Waals surface area contributed by atoms with E-state index in [1.165, 1.54) is 13.3 Å². The Balaban J connectivity index is 2.61. The third-order valence-electron chi connectivity index (χ3n) is 4.03. The predicted octanol–water partition coefficient (Wildman–Crippen LogP) is 1.56. The van der Waals surface area contributed by atoms with Crippen molar-refractivity contribution in [3.05, 3.63) is 0 Å². The van der Waals surface area contributed by atoms with Crippen LogP contribution in [0.4, 0.5) is 4.79 Å². The smallest absolute Gasteiger partial charge is 0.407 e. The fourth-order valence-electron chi connectivity index (χ4n) is 2.57. The monoisotopic (exact) mass is 327 g/mol. The van der Waals surface area contributed by atoms with Crippen LogP contribution in [-0.2, 0) is 14.3 Å². The van der Waals surface area contributed by atoms with Crippen molar-refractivity contribution in [1.82, 2.24) is 10.6 Å². The number of rotatable bonds is 10. The van der Waals surface area contributed by atoms with E-state index in [0.29, 0.717) is 25.5 Å². The minimum absolute atomic E-state index is 0.240. The lowest BCUT2D eigenvalue weighted by Gasteiger charge is -2.28. The van der Waals surface area contributed by atoms with E-state index < -0.39 is 17.4 Å². The quantitative estimate of drug-likeness (QED) is 0.321. The molecule has 0 radical (unpaired) electrons. The number of carbonyl (C=O) groups excluding carboxylic acids is 2. The lowest BCUT2D eigenvalue weighted by atomic mass is 10.0. The minimum Gasteiger partial charge on any atom is -0.453 e. The molecule has 1 aliphatic carbocycles. The van der Waals surface area contributed by atoms with Gasteiger partial charge < -0.3 is 25.0 Å².